The van der Waals surface area contributed by atoms with Gasteiger partial charge in [0.2, 0.25) is 11.8 Å². The number of hydrogen-bond donors (Lipinski definition) is 2. The third-order valence-electron chi connectivity index (χ3n) is 2.80. The fourth-order valence-corrected chi connectivity index (χ4v) is 1.62. The Labute approximate surface area is 120 Å². The van der Waals surface area contributed by atoms with Gasteiger partial charge in [0.25, 0.3) is 0 Å². The van der Waals surface area contributed by atoms with Gasteiger partial charge in [0, 0.05) is 19.8 Å². The van der Waals surface area contributed by atoms with Crippen molar-refractivity contribution in [2.24, 2.45) is 0 Å². The van der Waals surface area contributed by atoms with E-state index < -0.39 is 0 Å². The number of nitrogens with one attached hydrogen (secondary N) is 2. The van der Waals surface area contributed by atoms with Crippen molar-refractivity contribution in [3.05, 3.63) is 29.8 Å². The van der Waals surface area contributed by atoms with Crippen LogP contribution in [0.25, 0.3) is 0 Å². The van der Waals surface area contributed by atoms with Crippen LogP contribution in [0.5, 0.6) is 0 Å². The summed E-state index contributed by atoms with van der Waals surface area (Å²) in [4.78, 5) is 24.7. The van der Waals surface area contributed by atoms with E-state index in [2.05, 4.69) is 17.6 Å². The van der Waals surface area contributed by atoms with Gasteiger partial charge in [-0.25, -0.2) is 0 Å². The summed E-state index contributed by atoms with van der Waals surface area (Å²) in [5.41, 5.74) is 1.68. The maximum absolute atomic E-state index is 11.6. The number of hydrogen-bond acceptors (Lipinski definition) is 3. The highest BCUT2D eigenvalue weighted by Crippen LogP contribution is 2.10. The first kappa shape index (κ1) is 16.2. The molecule has 0 aliphatic heterocycles. The van der Waals surface area contributed by atoms with Crippen molar-refractivity contribution in [3.8, 4) is 0 Å². The number of rotatable bonds is 7. The van der Waals surface area contributed by atoms with Crippen molar-refractivity contribution in [3.63, 3.8) is 0 Å². The molecule has 0 saturated carbocycles. The van der Waals surface area contributed by atoms with Gasteiger partial charge in [0.05, 0.1) is 13.0 Å². The maximum Gasteiger partial charge on any atom is 0.238 e. The van der Waals surface area contributed by atoms with E-state index in [-0.39, 0.29) is 11.8 Å². The van der Waals surface area contributed by atoms with Crippen LogP contribution in [0.1, 0.15) is 18.9 Å². The van der Waals surface area contributed by atoms with E-state index >= 15 is 0 Å². The number of likely N-dealkylation sites (N-methyl/N-ethyl adjacent to an activating group) is 1. The van der Waals surface area contributed by atoms with E-state index in [0.717, 1.165) is 24.2 Å². The van der Waals surface area contributed by atoms with Crippen LogP contribution < -0.4 is 10.6 Å². The fraction of sp³-hybridized carbons (Fsp3) is 0.467. The molecule has 0 unspecified atom stereocenters. The molecule has 0 aliphatic carbocycles. The Kier molecular flexibility index (Phi) is 6.73. The lowest BCUT2D eigenvalue weighted by Gasteiger charge is -2.10. The lowest BCUT2D eigenvalue weighted by atomic mass is 10.1. The predicted molar refractivity (Wildman–Crippen MR) is 80.6 cm³/mol. The molecule has 0 heterocycles. The zero-order valence-electron chi connectivity index (χ0n) is 12.4. The van der Waals surface area contributed by atoms with Crippen LogP contribution in [0.4, 0.5) is 5.69 Å². The quantitative estimate of drug-likeness (QED) is 0.738. The number of benzene rings is 1. The predicted octanol–water partition coefficient (Wildman–Crippen LogP) is 1.26. The summed E-state index contributed by atoms with van der Waals surface area (Å²) < 4.78 is 0. The average Bonchev–Trinajstić information content (AvgIpc) is 2.41. The molecular formula is C15H23N3O2. The first-order valence-electron chi connectivity index (χ1n) is 6.82. The fourth-order valence-electron chi connectivity index (χ4n) is 1.62. The van der Waals surface area contributed by atoms with Crippen LogP contribution in [-0.2, 0) is 16.0 Å². The molecule has 5 heteroatoms. The normalized spacial score (nSPS) is 10.2. The SMILES string of the molecule is CCCNCC(=O)Nc1ccc(CC(=O)N(C)C)cc1. The molecule has 0 radical (unpaired) electrons. The molecule has 0 atom stereocenters. The minimum Gasteiger partial charge on any atom is -0.349 e. The van der Waals surface area contributed by atoms with E-state index in [1.54, 1.807) is 19.0 Å². The van der Waals surface area contributed by atoms with Crippen molar-refractivity contribution in [2.75, 3.05) is 32.5 Å². The molecule has 1 aromatic rings. The Balaban J connectivity index is 2.46. The molecule has 0 aromatic heterocycles. The van der Waals surface area contributed by atoms with E-state index in [9.17, 15) is 9.59 Å². The molecule has 0 fully saturated rings. The molecule has 1 aromatic carbocycles. The van der Waals surface area contributed by atoms with Crippen molar-refractivity contribution in [1.29, 1.82) is 0 Å². The van der Waals surface area contributed by atoms with Crippen molar-refractivity contribution in [1.82, 2.24) is 10.2 Å². The van der Waals surface area contributed by atoms with Gasteiger partial charge in [-0.2, -0.15) is 0 Å². The van der Waals surface area contributed by atoms with Gasteiger partial charge in [0.1, 0.15) is 0 Å². The third-order valence-corrected chi connectivity index (χ3v) is 2.80. The standard InChI is InChI=1S/C15H23N3O2/c1-4-9-16-11-14(19)17-13-7-5-12(6-8-13)10-15(20)18(2)3/h5-8,16H,4,9-11H2,1-3H3,(H,17,19). The molecule has 2 amide bonds. The van der Waals surface area contributed by atoms with Crippen LogP contribution in [-0.4, -0.2) is 43.9 Å². The van der Waals surface area contributed by atoms with Gasteiger partial charge >= 0.3 is 0 Å². The largest absolute Gasteiger partial charge is 0.349 e. The topological polar surface area (TPSA) is 61.4 Å². The summed E-state index contributed by atoms with van der Waals surface area (Å²) in [6.07, 6.45) is 1.38. The average molecular weight is 277 g/mol. The summed E-state index contributed by atoms with van der Waals surface area (Å²) in [5, 5.41) is 5.85. The Bertz CT molecular complexity index is 441. The van der Waals surface area contributed by atoms with Crippen molar-refractivity contribution in [2.45, 2.75) is 19.8 Å². The number of carbonyl (C=O) groups is 2. The highest BCUT2D eigenvalue weighted by Gasteiger charge is 2.06. The smallest absolute Gasteiger partial charge is 0.238 e. The second-order valence-corrected chi connectivity index (χ2v) is 4.89. The molecule has 2 N–H and O–H groups in total. The van der Waals surface area contributed by atoms with Gasteiger partial charge in [-0.3, -0.25) is 9.59 Å². The maximum atomic E-state index is 11.6. The lowest BCUT2D eigenvalue weighted by molar-refractivity contribution is -0.128. The Morgan fingerprint density at radius 2 is 1.80 bits per heavy atom. The lowest BCUT2D eigenvalue weighted by Crippen LogP contribution is -2.28. The van der Waals surface area contributed by atoms with E-state index in [1.807, 2.05) is 24.3 Å². The molecule has 110 valence electrons. The van der Waals surface area contributed by atoms with Crippen LogP contribution in [0.15, 0.2) is 24.3 Å². The molecular weight excluding hydrogens is 254 g/mol. The second kappa shape index (κ2) is 8.32. The van der Waals surface area contributed by atoms with Crippen LogP contribution in [0, 0.1) is 0 Å². The Morgan fingerprint density at radius 1 is 1.15 bits per heavy atom. The number of nitrogens with zero attached hydrogens (tertiary/aromatic N) is 1. The zero-order chi connectivity index (χ0) is 15.0. The number of anilines is 1. The van der Waals surface area contributed by atoms with Crippen molar-refractivity contribution >= 4 is 17.5 Å². The molecule has 20 heavy (non-hydrogen) atoms. The highest BCUT2D eigenvalue weighted by atomic mass is 16.2. The molecule has 0 spiro atoms. The summed E-state index contributed by atoms with van der Waals surface area (Å²) in [5.74, 6) is 0.00104. The number of carbonyl (C=O) groups excluding carboxylic acids is 2. The minimum absolute atomic E-state index is 0.0597. The summed E-state index contributed by atoms with van der Waals surface area (Å²) in [6, 6.07) is 7.35. The molecule has 5 nitrogen and oxygen atoms in total. The Morgan fingerprint density at radius 3 is 2.35 bits per heavy atom. The molecule has 0 aliphatic rings. The van der Waals surface area contributed by atoms with Gasteiger partial charge in [-0.05, 0) is 30.7 Å². The van der Waals surface area contributed by atoms with Gasteiger partial charge in [-0.1, -0.05) is 19.1 Å². The van der Waals surface area contributed by atoms with Crippen LogP contribution in [0.2, 0.25) is 0 Å². The van der Waals surface area contributed by atoms with Crippen molar-refractivity contribution < 1.29 is 9.59 Å². The monoisotopic (exact) mass is 277 g/mol. The molecule has 0 bridgehead atoms. The first-order valence-corrected chi connectivity index (χ1v) is 6.82. The van der Waals surface area contributed by atoms with Crippen LogP contribution >= 0.6 is 0 Å². The van der Waals surface area contributed by atoms with Gasteiger partial charge in [-0.15, -0.1) is 0 Å². The second-order valence-electron chi connectivity index (χ2n) is 4.89. The Hall–Kier alpha value is -1.88. The summed E-state index contributed by atoms with van der Waals surface area (Å²) in [6.45, 7) is 3.20. The highest BCUT2D eigenvalue weighted by molar-refractivity contribution is 5.92. The minimum atomic E-state index is -0.0597. The van der Waals surface area contributed by atoms with E-state index in [1.165, 1.54) is 0 Å². The first-order chi connectivity index (χ1) is 9.52. The third kappa shape index (κ3) is 5.84. The van der Waals surface area contributed by atoms with Crippen LogP contribution in [0.3, 0.4) is 0 Å². The van der Waals surface area contributed by atoms with Gasteiger partial charge < -0.3 is 15.5 Å². The summed E-state index contributed by atoms with van der Waals surface area (Å²) >= 11 is 0. The van der Waals surface area contributed by atoms with E-state index in [4.69, 9.17) is 0 Å². The molecule has 0 saturated heterocycles. The zero-order valence-corrected chi connectivity index (χ0v) is 12.4. The summed E-state index contributed by atoms with van der Waals surface area (Å²) in [7, 11) is 3.47. The number of amides is 2. The van der Waals surface area contributed by atoms with E-state index in [0.29, 0.717) is 13.0 Å². The molecule has 1 rings (SSSR count). The van der Waals surface area contributed by atoms with Gasteiger partial charge in [0.15, 0.2) is 0 Å².